The van der Waals surface area contributed by atoms with Gasteiger partial charge in [-0.05, 0) is 38.8 Å². The lowest BCUT2D eigenvalue weighted by Gasteiger charge is -2.30. The molecule has 10 heteroatoms. The molecule has 6 nitrogen and oxygen atoms in total. The first-order chi connectivity index (χ1) is 22.9. The van der Waals surface area contributed by atoms with Crippen LogP contribution in [0.15, 0.2) is 54.6 Å². The molecule has 0 atom stereocenters. The highest BCUT2D eigenvalue weighted by atomic mass is 28.2. The summed E-state index contributed by atoms with van der Waals surface area (Å²) in [5, 5.41) is 4.70. The minimum absolute atomic E-state index is 0.387. The van der Waals surface area contributed by atoms with Crippen molar-refractivity contribution in [3.63, 3.8) is 0 Å². The van der Waals surface area contributed by atoms with Crippen LogP contribution in [0.25, 0.3) is 0 Å². The number of hydrogen-bond donors (Lipinski definition) is 0. The molecule has 0 aliphatic carbocycles. The van der Waals surface area contributed by atoms with Gasteiger partial charge in [0, 0.05) is 10.2 Å². The summed E-state index contributed by atoms with van der Waals surface area (Å²) in [7, 11) is 10.6. The maximum atomic E-state index is 5.71. The molecule has 0 aliphatic heterocycles. The van der Waals surface area contributed by atoms with E-state index in [4.69, 9.17) is 28.4 Å². The molecular formula is C37H60O6Si4. The minimum Gasteiger partial charge on any atom is -0.493 e. The van der Waals surface area contributed by atoms with Gasteiger partial charge >= 0.3 is 0 Å². The zero-order chi connectivity index (χ0) is 33.9. The second-order valence-corrected chi connectivity index (χ2v) is 21.0. The van der Waals surface area contributed by atoms with E-state index in [0.717, 1.165) is 34.5 Å². The molecule has 0 unspecified atom stereocenters. The maximum absolute atomic E-state index is 5.71. The minimum atomic E-state index is -0.387. The Bertz CT molecular complexity index is 1180. The average Bonchev–Trinajstić information content (AvgIpc) is 3.10. The van der Waals surface area contributed by atoms with Crippen LogP contribution >= 0.6 is 0 Å². The second kappa shape index (κ2) is 21.3. The molecule has 3 aromatic carbocycles. The number of methoxy groups -OCH3 is 6. The van der Waals surface area contributed by atoms with Crippen LogP contribution in [0, 0.1) is 0 Å². The van der Waals surface area contributed by atoms with Crippen LogP contribution in [0.4, 0.5) is 0 Å². The van der Waals surface area contributed by atoms with Crippen molar-refractivity contribution in [2.75, 3.05) is 42.7 Å². The Hall–Kier alpha value is -2.67. The van der Waals surface area contributed by atoms with Gasteiger partial charge in [0.05, 0.1) is 71.2 Å². The smallest absolute Gasteiger partial charge is 0.160 e. The molecule has 0 amide bonds. The third kappa shape index (κ3) is 12.1. The van der Waals surface area contributed by atoms with Gasteiger partial charge in [-0.25, -0.2) is 0 Å². The molecule has 0 aromatic heterocycles. The van der Waals surface area contributed by atoms with Gasteiger partial charge in [-0.3, -0.25) is 0 Å². The predicted molar refractivity (Wildman–Crippen MR) is 212 cm³/mol. The number of unbranched alkanes of at least 4 members (excludes halogenated alkanes) is 3. The first-order valence-corrected chi connectivity index (χ1v) is 23.6. The Morgan fingerprint density at radius 1 is 0.447 bits per heavy atom. The van der Waals surface area contributed by atoms with Gasteiger partial charge in [0.25, 0.3) is 0 Å². The summed E-state index contributed by atoms with van der Waals surface area (Å²) in [4.78, 5) is 0. The summed E-state index contributed by atoms with van der Waals surface area (Å²) in [5.41, 5.74) is 0. The van der Waals surface area contributed by atoms with Crippen LogP contribution in [0.3, 0.4) is 0 Å². The van der Waals surface area contributed by atoms with Crippen molar-refractivity contribution in [3.05, 3.63) is 54.6 Å². The van der Waals surface area contributed by atoms with Crippen molar-refractivity contribution in [1.29, 1.82) is 0 Å². The van der Waals surface area contributed by atoms with Crippen molar-refractivity contribution in [2.24, 2.45) is 0 Å². The summed E-state index contributed by atoms with van der Waals surface area (Å²) in [6.45, 7) is 0. The molecular weight excluding hydrogens is 653 g/mol. The van der Waals surface area contributed by atoms with E-state index in [1.165, 1.54) is 102 Å². The van der Waals surface area contributed by atoms with E-state index in [1.807, 2.05) is 18.2 Å². The summed E-state index contributed by atoms with van der Waals surface area (Å²) in [6, 6.07) is 23.0. The number of hydrogen-bond acceptors (Lipinski definition) is 6. The molecule has 0 heterocycles. The largest absolute Gasteiger partial charge is 0.493 e. The summed E-state index contributed by atoms with van der Waals surface area (Å²) >= 11 is 0. The van der Waals surface area contributed by atoms with E-state index in [2.05, 4.69) is 36.4 Å². The number of ether oxygens (including phenoxy) is 6. The molecule has 0 spiro atoms. The first-order valence-electron chi connectivity index (χ1n) is 17.5. The molecule has 0 aliphatic rings. The van der Waals surface area contributed by atoms with Crippen LogP contribution in [0.1, 0.15) is 57.8 Å². The number of rotatable bonds is 24. The Balaban J connectivity index is 1.51. The monoisotopic (exact) mass is 712 g/mol. The van der Waals surface area contributed by atoms with Crippen molar-refractivity contribution < 1.29 is 28.4 Å². The molecule has 3 aromatic rings. The first kappa shape index (κ1) is 38.8. The van der Waals surface area contributed by atoms with E-state index in [9.17, 15) is 0 Å². The van der Waals surface area contributed by atoms with Crippen molar-refractivity contribution in [3.8, 4) is 34.5 Å². The average molecular weight is 713 g/mol. The molecule has 0 saturated carbocycles. The normalized spacial score (nSPS) is 13.1. The fraction of sp³-hybridized carbons (Fsp3) is 0.514. The van der Waals surface area contributed by atoms with Crippen molar-refractivity contribution in [2.45, 2.75) is 81.0 Å². The summed E-state index contributed by atoms with van der Waals surface area (Å²) in [5.74, 6) is 5.42. The van der Waals surface area contributed by atoms with Crippen LogP contribution in [0.5, 0.6) is 34.5 Å². The highest BCUT2D eigenvalue weighted by Gasteiger charge is 2.23. The third-order valence-corrected chi connectivity index (χ3v) is 17.0. The molecule has 3 rings (SSSR count). The molecule has 0 saturated heterocycles. The van der Waals surface area contributed by atoms with Gasteiger partial charge in [0.1, 0.15) is 0 Å². The topological polar surface area (TPSA) is 55.4 Å². The highest BCUT2D eigenvalue weighted by Crippen LogP contribution is 2.41. The highest BCUT2D eigenvalue weighted by molar-refractivity contribution is 6.55. The molecule has 0 fully saturated rings. The van der Waals surface area contributed by atoms with E-state index >= 15 is 0 Å². The molecule has 260 valence electrons. The Kier molecular flexibility index (Phi) is 17.6. The van der Waals surface area contributed by atoms with E-state index in [1.54, 1.807) is 42.7 Å². The zero-order valence-corrected chi connectivity index (χ0v) is 36.5. The van der Waals surface area contributed by atoms with Crippen molar-refractivity contribution >= 4 is 54.4 Å². The van der Waals surface area contributed by atoms with Crippen LogP contribution < -0.4 is 44.0 Å². The van der Waals surface area contributed by atoms with Crippen molar-refractivity contribution in [1.82, 2.24) is 0 Å². The fourth-order valence-corrected chi connectivity index (χ4v) is 13.5. The standard InChI is InChI=1S/C37H60O6Si4/c1-38-28-16-13-19-31(34(28)41-4)45-25-10-7-22-37(44,23-8-11-26-46-32-20-14-17-29(39-2)35(32)42-5)24-9-12-27-47-33-21-15-18-30(40-3)36(33)43-6/h13-21H,7-12,22-27,45-47H2,1-6,44H3. The Morgan fingerprint density at radius 2 is 0.745 bits per heavy atom. The van der Waals surface area contributed by atoms with Crippen LogP contribution in [-0.4, -0.2) is 81.5 Å². The second-order valence-electron chi connectivity index (χ2n) is 13.0. The van der Waals surface area contributed by atoms with E-state index < -0.39 is 0 Å². The molecule has 0 radical (unpaired) electrons. The summed E-state index contributed by atoms with van der Waals surface area (Å²) in [6.07, 6.45) is 12.1. The Morgan fingerprint density at radius 3 is 1.00 bits per heavy atom. The lowest BCUT2D eigenvalue weighted by molar-refractivity contribution is 0.357. The van der Waals surface area contributed by atoms with E-state index in [0.29, 0.717) is 5.04 Å². The lowest BCUT2D eigenvalue weighted by Crippen LogP contribution is -2.19. The van der Waals surface area contributed by atoms with Crippen LogP contribution in [-0.2, 0) is 0 Å². The van der Waals surface area contributed by atoms with Gasteiger partial charge in [-0.2, -0.15) is 0 Å². The lowest BCUT2D eigenvalue weighted by atomic mass is 9.89. The Labute approximate surface area is 294 Å². The molecule has 0 bridgehead atoms. The maximum Gasteiger partial charge on any atom is 0.160 e. The summed E-state index contributed by atoms with van der Waals surface area (Å²) < 4.78 is 33.7. The molecule has 47 heavy (non-hydrogen) atoms. The predicted octanol–water partition coefficient (Wildman–Crippen LogP) is 3.81. The van der Waals surface area contributed by atoms with Gasteiger partial charge in [0.15, 0.2) is 34.5 Å². The molecule has 0 N–H and O–H groups in total. The van der Waals surface area contributed by atoms with Gasteiger partial charge in [-0.1, -0.05) is 112 Å². The van der Waals surface area contributed by atoms with Gasteiger partial charge in [-0.15, -0.1) is 0 Å². The quantitative estimate of drug-likeness (QED) is 0.104. The zero-order valence-electron chi connectivity index (χ0n) is 30.3. The van der Waals surface area contributed by atoms with E-state index in [-0.39, 0.29) is 28.6 Å². The number of para-hydroxylation sites is 3. The van der Waals surface area contributed by atoms with Crippen LogP contribution in [0.2, 0.25) is 23.2 Å². The number of benzene rings is 3. The fourth-order valence-electron chi connectivity index (χ4n) is 6.96. The SMILES string of the molecule is COc1cccc([SiH2]CCCCC([SiH3])(CCCC[SiH2]c2cccc(OC)c2OC)CCCC[SiH2]c2cccc(OC)c2OC)c1OC. The third-order valence-electron chi connectivity index (χ3n) is 9.63. The van der Waals surface area contributed by atoms with Gasteiger partial charge in [0.2, 0.25) is 0 Å². The van der Waals surface area contributed by atoms with Gasteiger partial charge < -0.3 is 28.4 Å².